The number of hydrogen-bond acceptors (Lipinski definition) is 6. The molecule has 1 heterocycles. The van der Waals surface area contributed by atoms with Crippen LogP contribution in [-0.4, -0.2) is 31.4 Å². The summed E-state index contributed by atoms with van der Waals surface area (Å²) in [5.74, 6) is -0.221. The summed E-state index contributed by atoms with van der Waals surface area (Å²) >= 11 is 7.27. The second kappa shape index (κ2) is 8.42. The number of tetrazole rings is 1. The number of aryl methyl sites for hydroxylation is 2. The van der Waals surface area contributed by atoms with E-state index >= 15 is 0 Å². The third-order valence-corrected chi connectivity index (χ3v) is 5.45. The van der Waals surface area contributed by atoms with E-state index in [1.807, 2.05) is 38.1 Å². The molecule has 1 amide bonds. The molecule has 3 rings (SSSR count). The van der Waals surface area contributed by atoms with Crippen molar-refractivity contribution in [2.45, 2.75) is 31.2 Å². The Labute approximate surface area is 171 Å². The van der Waals surface area contributed by atoms with Gasteiger partial charge in [-0.25, -0.2) is 0 Å². The molecule has 0 bridgehead atoms. The molecular formula is C19H17ClN6OS. The van der Waals surface area contributed by atoms with Gasteiger partial charge in [0, 0.05) is 5.69 Å². The molecule has 1 aromatic heterocycles. The zero-order chi connectivity index (χ0) is 20.3. The van der Waals surface area contributed by atoms with Crippen molar-refractivity contribution in [2.24, 2.45) is 0 Å². The molecule has 0 aliphatic rings. The van der Waals surface area contributed by atoms with Gasteiger partial charge in [0.05, 0.1) is 21.5 Å². The molecule has 0 aliphatic carbocycles. The Bertz CT molecular complexity index is 1050. The Balaban J connectivity index is 1.76. The summed E-state index contributed by atoms with van der Waals surface area (Å²) in [4.78, 5) is 12.6. The van der Waals surface area contributed by atoms with Crippen molar-refractivity contribution >= 4 is 35.0 Å². The Kier molecular flexibility index (Phi) is 5.97. The number of anilines is 1. The monoisotopic (exact) mass is 412 g/mol. The smallest absolute Gasteiger partial charge is 0.237 e. The van der Waals surface area contributed by atoms with Crippen LogP contribution in [0.2, 0.25) is 5.02 Å². The highest BCUT2D eigenvalue weighted by Crippen LogP contribution is 2.27. The van der Waals surface area contributed by atoms with Crippen LogP contribution >= 0.6 is 23.4 Å². The van der Waals surface area contributed by atoms with E-state index < -0.39 is 5.25 Å². The number of nitriles is 1. The fourth-order valence-corrected chi connectivity index (χ4v) is 3.69. The van der Waals surface area contributed by atoms with Crippen molar-refractivity contribution in [1.29, 1.82) is 5.26 Å². The molecule has 0 saturated carbocycles. The van der Waals surface area contributed by atoms with E-state index in [4.69, 9.17) is 16.9 Å². The molecule has 9 heteroatoms. The first-order valence-electron chi connectivity index (χ1n) is 8.43. The van der Waals surface area contributed by atoms with Crippen LogP contribution in [0.25, 0.3) is 5.69 Å². The van der Waals surface area contributed by atoms with Crippen molar-refractivity contribution < 1.29 is 4.79 Å². The maximum absolute atomic E-state index is 12.6. The van der Waals surface area contributed by atoms with Gasteiger partial charge in [-0.3, -0.25) is 4.79 Å². The zero-order valence-corrected chi connectivity index (χ0v) is 17.0. The Morgan fingerprint density at radius 3 is 2.64 bits per heavy atom. The van der Waals surface area contributed by atoms with Gasteiger partial charge in [-0.05, 0) is 60.5 Å². The normalized spacial score (nSPS) is 11.7. The number of carbonyl (C=O) groups excluding carboxylic acids is 1. The highest BCUT2D eigenvalue weighted by atomic mass is 35.5. The van der Waals surface area contributed by atoms with E-state index in [1.54, 1.807) is 29.8 Å². The number of para-hydroxylation sites is 1. The Hall–Kier alpha value is -2.89. The van der Waals surface area contributed by atoms with E-state index in [0.717, 1.165) is 16.8 Å². The minimum atomic E-state index is -0.455. The molecule has 0 aliphatic heterocycles. The van der Waals surface area contributed by atoms with Gasteiger partial charge < -0.3 is 5.32 Å². The second-order valence-corrected chi connectivity index (χ2v) is 7.88. The summed E-state index contributed by atoms with van der Waals surface area (Å²) < 4.78 is 1.65. The highest BCUT2D eigenvalue weighted by molar-refractivity contribution is 8.00. The van der Waals surface area contributed by atoms with E-state index in [-0.39, 0.29) is 5.91 Å². The number of nitrogens with zero attached hydrogens (tertiary/aromatic N) is 5. The number of halogens is 1. The molecule has 7 nitrogen and oxygen atoms in total. The molecule has 0 radical (unpaired) electrons. The minimum absolute atomic E-state index is 0.221. The molecule has 0 fully saturated rings. The van der Waals surface area contributed by atoms with Gasteiger partial charge in [-0.2, -0.15) is 9.94 Å². The van der Waals surface area contributed by atoms with Gasteiger partial charge in [0.15, 0.2) is 0 Å². The number of aromatic nitrogens is 4. The lowest BCUT2D eigenvalue weighted by Gasteiger charge is -2.14. The first-order valence-corrected chi connectivity index (χ1v) is 9.68. The quantitative estimate of drug-likeness (QED) is 0.638. The SMILES string of the molecule is Cc1cccc(C)c1-n1nnnc1S[C@@H](C)C(=O)Nc1ccc(C#N)c(Cl)c1. The molecule has 142 valence electrons. The van der Waals surface area contributed by atoms with Crippen LogP contribution < -0.4 is 5.32 Å². The lowest BCUT2D eigenvalue weighted by Crippen LogP contribution is -2.23. The van der Waals surface area contributed by atoms with Crippen LogP contribution in [0.5, 0.6) is 0 Å². The fourth-order valence-electron chi connectivity index (χ4n) is 2.67. The van der Waals surface area contributed by atoms with E-state index in [2.05, 4.69) is 20.8 Å². The maximum Gasteiger partial charge on any atom is 0.237 e. The third kappa shape index (κ3) is 4.16. The number of amides is 1. The third-order valence-electron chi connectivity index (χ3n) is 4.10. The molecule has 3 aromatic rings. The molecule has 2 aromatic carbocycles. The minimum Gasteiger partial charge on any atom is -0.325 e. The van der Waals surface area contributed by atoms with Crippen molar-refractivity contribution in [3.05, 3.63) is 58.1 Å². The molecule has 28 heavy (non-hydrogen) atoms. The molecule has 1 atom stereocenters. The van der Waals surface area contributed by atoms with Crippen LogP contribution in [0.4, 0.5) is 5.69 Å². The molecule has 0 unspecified atom stereocenters. The number of carbonyl (C=O) groups is 1. The zero-order valence-electron chi connectivity index (χ0n) is 15.5. The summed E-state index contributed by atoms with van der Waals surface area (Å²) in [5, 5.41) is 24.0. The second-order valence-electron chi connectivity index (χ2n) is 6.17. The van der Waals surface area contributed by atoms with E-state index in [9.17, 15) is 4.79 Å². The van der Waals surface area contributed by atoms with Crippen LogP contribution in [0.1, 0.15) is 23.6 Å². The Morgan fingerprint density at radius 1 is 1.29 bits per heavy atom. The van der Waals surface area contributed by atoms with Gasteiger partial charge in [-0.1, -0.05) is 41.6 Å². The van der Waals surface area contributed by atoms with Crippen LogP contribution in [0.3, 0.4) is 0 Å². The summed E-state index contributed by atoms with van der Waals surface area (Å²) in [6, 6.07) is 12.7. The fraction of sp³-hybridized carbons (Fsp3) is 0.211. The first kappa shape index (κ1) is 19.9. The van der Waals surface area contributed by atoms with E-state index in [0.29, 0.717) is 21.4 Å². The van der Waals surface area contributed by atoms with Gasteiger partial charge in [0.2, 0.25) is 11.1 Å². The highest BCUT2D eigenvalue weighted by Gasteiger charge is 2.21. The summed E-state index contributed by atoms with van der Waals surface area (Å²) in [5.41, 5.74) is 3.86. The largest absolute Gasteiger partial charge is 0.325 e. The van der Waals surface area contributed by atoms with Gasteiger partial charge in [-0.15, -0.1) is 5.10 Å². The molecular weight excluding hydrogens is 396 g/mol. The number of nitrogens with one attached hydrogen (secondary N) is 1. The van der Waals surface area contributed by atoms with Crippen LogP contribution in [0.15, 0.2) is 41.6 Å². The standard InChI is InChI=1S/C19H17ClN6OS/c1-11-5-4-6-12(2)17(11)26-19(23-24-25-26)28-13(3)18(27)22-15-8-7-14(10-21)16(20)9-15/h4-9,13H,1-3H3,(H,22,27)/t13-/m0/s1. The predicted molar refractivity (Wildman–Crippen MR) is 109 cm³/mol. The van der Waals surface area contributed by atoms with Gasteiger partial charge >= 0.3 is 0 Å². The molecule has 0 spiro atoms. The summed E-state index contributed by atoms with van der Waals surface area (Å²) in [6.45, 7) is 5.75. The number of thioether (sulfide) groups is 1. The van der Waals surface area contributed by atoms with Crippen molar-refractivity contribution in [1.82, 2.24) is 20.2 Å². The maximum atomic E-state index is 12.6. The molecule has 1 N–H and O–H groups in total. The topological polar surface area (TPSA) is 96.5 Å². The van der Waals surface area contributed by atoms with Crippen LogP contribution in [-0.2, 0) is 4.79 Å². The summed E-state index contributed by atoms with van der Waals surface area (Å²) in [7, 11) is 0. The lowest BCUT2D eigenvalue weighted by atomic mass is 10.1. The van der Waals surface area contributed by atoms with E-state index in [1.165, 1.54) is 11.8 Å². The average Bonchev–Trinajstić information content (AvgIpc) is 3.09. The molecule has 0 saturated heterocycles. The Morgan fingerprint density at radius 2 is 2.00 bits per heavy atom. The van der Waals surface area contributed by atoms with Gasteiger partial charge in [0.25, 0.3) is 0 Å². The van der Waals surface area contributed by atoms with Crippen molar-refractivity contribution in [2.75, 3.05) is 5.32 Å². The summed E-state index contributed by atoms with van der Waals surface area (Å²) in [6.07, 6.45) is 0. The van der Waals surface area contributed by atoms with Gasteiger partial charge in [0.1, 0.15) is 6.07 Å². The number of benzene rings is 2. The first-order chi connectivity index (χ1) is 13.4. The van der Waals surface area contributed by atoms with Crippen molar-refractivity contribution in [3.63, 3.8) is 0 Å². The number of rotatable bonds is 5. The average molecular weight is 413 g/mol. The predicted octanol–water partition coefficient (Wildman–Crippen LogP) is 3.92. The van der Waals surface area contributed by atoms with Crippen molar-refractivity contribution in [3.8, 4) is 11.8 Å². The number of hydrogen-bond donors (Lipinski definition) is 1. The van der Waals surface area contributed by atoms with Crippen LogP contribution in [0, 0.1) is 25.2 Å². The lowest BCUT2D eigenvalue weighted by molar-refractivity contribution is -0.115.